The third-order valence-corrected chi connectivity index (χ3v) is 3.67. The summed E-state index contributed by atoms with van der Waals surface area (Å²) in [4.78, 5) is 11.3. The summed E-state index contributed by atoms with van der Waals surface area (Å²) in [6.45, 7) is 2.08. The maximum absolute atomic E-state index is 11.3. The van der Waals surface area contributed by atoms with Crippen molar-refractivity contribution in [3.63, 3.8) is 0 Å². The molecule has 3 heteroatoms. The lowest BCUT2D eigenvalue weighted by atomic mass is 10.1. The molecule has 102 valence electrons. The van der Waals surface area contributed by atoms with Gasteiger partial charge in [-0.2, -0.15) is 0 Å². The van der Waals surface area contributed by atoms with Crippen molar-refractivity contribution in [2.45, 2.75) is 45.1 Å². The monoisotopic (exact) mass is 259 g/mol. The molecule has 1 atom stereocenters. The molecule has 0 aromatic heterocycles. The first kappa shape index (κ1) is 13.7. The predicted octanol–water partition coefficient (Wildman–Crippen LogP) is 3.64. The second kappa shape index (κ2) is 6.41. The van der Waals surface area contributed by atoms with Crippen LogP contribution in [0.3, 0.4) is 0 Å². The molecule has 0 spiro atoms. The van der Waals surface area contributed by atoms with E-state index in [1.807, 2.05) is 18.2 Å². The topological polar surface area (TPSA) is 49.3 Å². The summed E-state index contributed by atoms with van der Waals surface area (Å²) < 4.78 is 0. The van der Waals surface area contributed by atoms with Gasteiger partial charge in [0.25, 0.3) is 0 Å². The second-order valence-corrected chi connectivity index (χ2v) is 5.10. The minimum atomic E-state index is -0.773. The van der Waals surface area contributed by atoms with E-state index in [1.165, 1.54) is 5.56 Å². The molecule has 0 saturated heterocycles. The smallest absolute Gasteiger partial charge is 0.333 e. The van der Waals surface area contributed by atoms with Crippen molar-refractivity contribution < 1.29 is 9.90 Å². The molecule has 0 bridgehead atoms. The molecule has 1 unspecified atom stereocenters. The summed E-state index contributed by atoms with van der Waals surface area (Å²) in [7, 11) is 0. The van der Waals surface area contributed by atoms with E-state index in [9.17, 15) is 9.90 Å². The Kier molecular flexibility index (Phi) is 4.61. The average Bonchev–Trinajstić information content (AvgIpc) is 2.65. The van der Waals surface area contributed by atoms with E-state index in [2.05, 4.69) is 24.4 Å². The van der Waals surface area contributed by atoms with Crippen molar-refractivity contribution in [3.05, 3.63) is 47.2 Å². The second-order valence-electron chi connectivity index (χ2n) is 5.10. The molecule has 3 nitrogen and oxygen atoms in total. The molecular formula is C16H21NO2. The zero-order chi connectivity index (χ0) is 13.7. The number of carboxylic acids is 1. The van der Waals surface area contributed by atoms with Crippen LogP contribution in [0.2, 0.25) is 0 Å². The van der Waals surface area contributed by atoms with Crippen molar-refractivity contribution in [1.82, 2.24) is 5.32 Å². The standard InChI is InChI=1S/C16H21NO2/c1-12(13-8-4-2-5-9-13)17-15-11-7-3-6-10-14(15)16(18)19/h2,4-5,8-9,12,17H,3,6-7,10-11H2,1H3,(H,18,19). The van der Waals surface area contributed by atoms with E-state index in [4.69, 9.17) is 0 Å². The quantitative estimate of drug-likeness (QED) is 0.868. The highest BCUT2D eigenvalue weighted by Gasteiger charge is 2.18. The average molecular weight is 259 g/mol. The van der Waals surface area contributed by atoms with E-state index < -0.39 is 5.97 Å². The molecule has 1 aliphatic rings. The number of allylic oxidation sites excluding steroid dienone is 1. The van der Waals surface area contributed by atoms with Gasteiger partial charge in [-0.3, -0.25) is 0 Å². The molecule has 2 rings (SSSR count). The van der Waals surface area contributed by atoms with E-state index >= 15 is 0 Å². The third kappa shape index (κ3) is 3.60. The highest BCUT2D eigenvalue weighted by Crippen LogP contribution is 2.25. The zero-order valence-electron chi connectivity index (χ0n) is 11.4. The molecule has 1 aliphatic carbocycles. The van der Waals surface area contributed by atoms with Gasteiger partial charge in [-0.05, 0) is 38.2 Å². The Morgan fingerprint density at radius 1 is 1.16 bits per heavy atom. The summed E-state index contributed by atoms with van der Waals surface area (Å²) in [6, 6.07) is 10.3. The van der Waals surface area contributed by atoms with Gasteiger partial charge < -0.3 is 10.4 Å². The summed E-state index contributed by atoms with van der Waals surface area (Å²) >= 11 is 0. The molecule has 0 fully saturated rings. The molecule has 1 aromatic rings. The van der Waals surface area contributed by atoms with Gasteiger partial charge in [0, 0.05) is 11.7 Å². The first-order valence-corrected chi connectivity index (χ1v) is 6.95. The molecule has 0 amide bonds. The van der Waals surface area contributed by atoms with Crippen molar-refractivity contribution in [2.75, 3.05) is 0 Å². The fourth-order valence-corrected chi connectivity index (χ4v) is 2.56. The Labute approximate surface area is 114 Å². The summed E-state index contributed by atoms with van der Waals surface area (Å²) in [5, 5.41) is 12.7. The Hall–Kier alpha value is -1.77. The Morgan fingerprint density at radius 3 is 2.53 bits per heavy atom. The lowest BCUT2D eigenvalue weighted by molar-refractivity contribution is -0.132. The Morgan fingerprint density at radius 2 is 1.84 bits per heavy atom. The van der Waals surface area contributed by atoms with Crippen LogP contribution in [0.5, 0.6) is 0 Å². The molecule has 0 heterocycles. The van der Waals surface area contributed by atoms with Crippen LogP contribution in [0.4, 0.5) is 0 Å². The largest absolute Gasteiger partial charge is 0.478 e. The number of nitrogens with one attached hydrogen (secondary N) is 1. The van der Waals surface area contributed by atoms with Gasteiger partial charge in [0.2, 0.25) is 0 Å². The minimum absolute atomic E-state index is 0.142. The zero-order valence-corrected chi connectivity index (χ0v) is 11.4. The lowest BCUT2D eigenvalue weighted by Crippen LogP contribution is -2.21. The van der Waals surface area contributed by atoms with E-state index in [-0.39, 0.29) is 6.04 Å². The third-order valence-electron chi connectivity index (χ3n) is 3.67. The number of carbonyl (C=O) groups is 1. The molecule has 1 aromatic carbocycles. The van der Waals surface area contributed by atoms with Crippen molar-refractivity contribution in [2.24, 2.45) is 0 Å². The fourth-order valence-electron chi connectivity index (χ4n) is 2.56. The minimum Gasteiger partial charge on any atom is -0.478 e. The van der Waals surface area contributed by atoms with Crippen molar-refractivity contribution >= 4 is 5.97 Å². The van der Waals surface area contributed by atoms with Crippen LogP contribution >= 0.6 is 0 Å². The molecule has 0 aliphatic heterocycles. The van der Waals surface area contributed by atoms with Crippen LogP contribution in [0.1, 0.15) is 50.6 Å². The molecule has 19 heavy (non-hydrogen) atoms. The van der Waals surface area contributed by atoms with E-state index in [0.29, 0.717) is 12.0 Å². The number of rotatable bonds is 4. The van der Waals surface area contributed by atoms with Gasteiger partial charge >= 0.3 is 5.97 Å². The number of hydrogen-bond donors (Lipinski definition) is 2. The van der Waals surface area contributed by atoms with E-state index in [0.717, 1.165) is 31.4 Å². The first-order valence-electron chi connectivity index (χ1n) is 6.95. The van der Waals surface area contributed by atoms with Gasteiger partial charge in [-0.1, -0.05) is 36.8 Å². The fraction of sp³-hybridized carbons (Fsp3) is 0.438. The summed E-state index contributed by atoms with van der Waals surface area (Å²) in [6.07, 6.45) is 4.69. The van der Waals surface area contributed by atoms with E-state index in [1.54, 1.807) is 0 Å². The van der Waals surface area contributed by atoms with Gasteiger partial charge in [0.15, 0.2) is 0 Å². The molecule has 0 saturated carbocycles. The van der Waals surface area contributed by atoms with Gasteiger partial charge in [-0.25, -0.2) is 4.79 Å². The molecule has 0 radical (unpaired) electrons. The number of hydrogen-bond acceptors (Lipinski definition) is 2. The van der Waals surface area contributed by atoms with Crippen LogP contribution in [-0.2, 0) is 4.79 Å². The lowest BCUT2D eigenvalue weighted by Gasteiger charge is -2.19. The number of aliphatic carboxylic acids is 1. The number of benzene rings is 1. The summed E-state index contributed by atoms with van der Waals surface area (Å²) in [5.74, 6) is -0.773. The predicted molar refractivity (Wildman–Crippen MR) is 75.7 cm³/mol. The maximum Gasteiger partial charge on any atom is 0.333 e. The van der Waals surface area contributed by atoms with Crippen LogP contribution in [0.15, 0.2) is 41.6 Å². The van der Waals surface area contributed by atoms with Crippen LogP contribution < -0.4 is 5.32 Å². The first-order chi connectivity index (χ1) is 9.18. The normalized spacial score (nSPS) is 17.7. The van der Waals surface area contributed by atoms with Crippen molar-refractivity contribution in [1.29, 1.82) is 0 Å². The highest BCUT2D eigenvalue weighted by molar-refractivity contribution is 5.87. The Bertz CT molecular complexity index is 465. The van der Waals surface area contributed by atoms with Gasteiger partial charge in [0.1, 0.15) is 0 Å². The van der Waals surface area contributed by atoms with Crippen LogP contribution in [-0.4, -0.2) is 11.1 Å². The molecular weight excluding hydrogens is 238 g/mol. The maximum atomic E-state index is 11.3. The number of carboxylic acid groups (broad SMARTS) is 1. The Balaban J connectivity index is 2.16. The van der Waals surface area contributed by atoms with Crippen LogP contribution in [0.25, 0.3) is 0 Å². The SMILES string of the molecule is CC(NC1=C(C(=O)O)CCCCC1)c1ccccc1. The highest BCUT2D eigenvalue weighted by atomic mass is 16.4. The van der Waals surface area contributed by atoms with Gasteiger partial charge in [0.05, 0.1) is 5.57 Å². The van der Waals surface area contributed by atoms with Crippen molar-refractivity contribution in [3.8, 4) is 0 Å². The molecule has 2 N–H and O–H groups in total. The summed E-state index contributed by atoms with van der Waals surface area (Å²) in [5.41, 5.74) is 2.67. The van der Waals surface area contributed by atoms with Crippen LogP contribution in [0, 0.1) is 0 Å². The van der Waals surface area contributed by atoms with Gasteiger partial charge in [-0.15, -0.1) is 0 Å².